The molecule has 2 heterocycles. The second-order valence-corrected chi connectivity index (χ2v) is 5.90. The van der Waals surface area contributed by atoms with Crippen LogP contribution in [-0.2, 0) is 6.42 Å². The maximum Gasteiger partial charge on any atom is 0.255 e. The van der Waals surface area contributed by atoms with E-state index in [0.717, 1.165) is 29.9 Å². The molecule has 0 aliphatic carbocycles. The third-order valence-corrected chi connectivity index (χ3v) is 4.28. The molecule has 4 rings (SSSR count). The lowest BCUT2D eigenvalue weighted by atomic mass is 9.99. The zero-order valence-corrected chi connectivity index (χ0v) is 13.4. The monoisotopic (exact) mass is 333 g/mol. The van der Waals surface area contributed by atoms with Crippen molar-refractivity contribution in [3.05, 3.63) is 77.7 Å². The Morgan fingerprint density at radius 1 is 1.04 bits per heavy atom. The van der Waals surface area contributed by atoms with Crippen LogP contribution >= 0.6 is 0 Å². The van der Waals surface area contributed by atoms with Gasteiger partial charge in [0.05, 0.1) is 0 Å². The van der Waals surface area contributed by atoms with E-state index in [-0.39, 0.29) is 11.7 Å². The Hall–Kier alpha value is -3.21. The summed E-state index contributed by atoms with van der Waals surface area (Å²) in [6, 6.07) is 15.2. The summed E-state index contributed by atoms with van der Waals surface area (Å²) >= 11 is 0. The number of hydrogen-bond donors (Lipinski definition) is 2. The number of carbonyl (C=O) groups excluding carboxylic acids is 1. The fraction of sp³-hybridized carbons (Fsp3) is 0.100. The summed E-state index contributed by atoms with van der Waals surface area (Å²) in [6.07, 6.45) is 2.74. The first-order valence-corrected chi connectivity index (χ1v) is 8.10. The number of hydrogen-bond acceptors (Lipinski definition) is 3. The average Bonchev–Trinajstić information content (AvgIpc) is 3.12. The lowest BCUT2D eigenvalue weighted by molar-refractivity contribution is 0.102. The van der Waals surface area contributed by atoms with E-state index >= 15 is 0 Å². The van der Waals surface area contributed by atoms with Gasteiger partial charge in [0.25, 0.3) is 5.91 Å². The van der Waals surface area contributed by atoms with Gasteiger partial charge < -0.3 is 10.6 Å². The van der Waals surface area contributed by atoms with Crippen LogP contribution in [0.3, 0.4) is 0 Å². The molecule has 0 saturated carbocycles. The Bertz CT molecular complexity index is 921. The van der Waals surface area contributed by atoms with E-state index in [1.165, 1.54) is 29.8 Å². The number of benzene rings is 2. The lowest BCUT2D eigenvalue weighted by Crippen LogP contribution is -2.11. The van der Waals surface area contributed by atoms with Crippen molar-refractivity contribution in [1.29, 1.82) is 0 Å². The molecule has 0 fully saturated rings. The largest absolute Gasteiger partial charge is 0.369 e. The van der Waals surface area contributed by atoms with Crippen LogP contribution in [0.1, 0.15) is 15.9 Å². The van der Waals surface area contributed by atoms with Crippen molar-refractivity contribution in [1.82, 2.24) is 4.98 Å². The van der Waals surface area contributed by atoms with Gasteiger partial charge in [0, 0.05) is 29.6 Å². The second-order valence-electron chi connectivity index (χ2n) is 5.90. The van der Waals surface area contributed by atoms with Crippen LogP contribution in [0, 0.1) is 5.82 Å². The molecule has 1 aliphatic rings. The highest BCUT2D eigenvalue weighted by Crippen LogP contribution is 2.31. The Balaban J connectivity index is 1.55. The van der Waals surface area contributed by atoms with E-state index < -0.39 is 0 Å². The first-order valence-electron chi connectivity index (χ1n) is 8.10. The first kappa shape index (κ1) is 15.3. The quantitative estimate of drug-likeness (QED) is 0.758. The number of fused-ring (bicyclic) bond motifs is 1. The van der Waals surface area contributed by atoms with Crippen LogP contribution in [-0.4, -0.2) is 17.4 Å². The number of aromatic nitrogens is 1. The van der Waals surface area contributed by atoms with Gasteiger partial charge in [-0.1, -0.05) is 12.1 Å². The fourth-order valence-corrected chi connectivity index (χ4v) is 3.01. The molecular weight excluding hydrogens is 317 g/mol. The van der Waals surface area contributed by atoms with Gasteiger partial charge in [0.2, 0.25) is 0 Å². The standard InChI is InChI=1S/C20H16FN3O/c21-15-5-7-16(8-6-15)24-20(25)14-3-1-13(2-4-14)17-9-11-22-19-18(17)10-12-23-19/h1-9,11H,10,12H2,(H,22,23)(H,24,25). The summed E-state index contributed by atoms with van der Waals surface area (Å²) in [5, 5.41) is 6.03. The Morgan fingerprint density at radius 3 is 2.56 bits per heavy atom. The molecule has 0 spiro atoms. The van der Waals surface area contributed by atoms with Crippen molar-refractivity contribution in [2.24, 2.45) is 0 Å². The van der Waals surface area contributed by atoms with Gasteiger partial charge in [-0.25, -0.2) is 9.37 Å². The minimum atomic E-state index is -0.332. The number of amides is 1. The maximum atomic E-state index is 12.9. The van der Waals surface area contributed by atoms with E-state index in [1.807, 2.05) is 18.2 Å². The number of nitrogens with zero attached hydrogens (tertiary/aromatic N) is 1. The molecule has 0 unspecified atom stereocenters. The number of halogens is 1. The number of nitrogens with one attached hydrogen (secondary N) is 2. The van der Waals surface area contributed by atoms with Gasteiger partial charge in [0.1, 0.15) is 11.6 Å². The summed E-state index contributed by atoms with van der Waals surface area (Å²) in [5.74, 6) is 0.386. The molecule has 0 radical (unpaired) electrons. The van der Waals surface area contributed by atoms with Crippen molar-refractivity contribution >= 4 is 17.4 Å². The summed E-state index contributed by atoms with van der Waals surface area (Å²) in [7, 11) is 0. The van der Waals surface area contributed by atoms with E-state index in [9.17, 15) is 9.18 Å². The average molecular weight is 333 g/mol. The number of carbonyl (C=O) groups is 1. The van der Waals surface area contributed by atoms with Crippen LogP contribution in [0.15, 0.2) is 60.8 Å². The van der Waals surface area contributed by atoms with Crippen LogP contribution in [0.2, 0.25) is 0 Å². The summed E-state index contributed by atoms with van der Waals surface area (Å²) in [6.45, 7) is 0.900. The topological polar surface area (TPSA) is 54.0 Å². The summed E-state index contributed by atoms with van der Waals surface area (Å²) in [5.41, 5.74) is 4.53. The van der Waals surface area contributed by atoms with Gasteiger partial charge in [-0.05, 0) is 60.0 Å². The fourth-order valence-electron chi connectivity index (χ4n) is 3.01. The molecule has 4 nitrogen and oxygen atoms in total. The molecule has 2 aromatic carbocycles. The van der Waals surface area contributed by atoms with Gasteiger partial charge >= 0.3 is 0 Å². The van der Waals surface area contributed by atoms with Crippen LogP contribution in [0.25, 0.3) is 11.1 Å². The first-order chi connectivity index (χ1) is 12.2. The van der Waals surface area contributed by atoms with Gasteiger partial charge in [-0.3, -0.25) is 4.79 Å². The number of pyridine rings is 1. The predicted molar refractivity (Wildman–Crippen MR) is 96.2 cm³/mol. The lowest BCUT2D eigenvalue weighted by Gasteiger charge is -2.09. The Kier molecular flexibility index (Phi) is 3.90. The number of rotatable bonds is 3. The molecule has 25 heavy (non-hydrogen) atoms. The van der Waals surface area contributed by atoms with E-state index in [0.29, 0.717) is 11.3 Å². The Labute approximate surface area is 144 Å². The third kappa shape index (κ3) is 3.08. The second kappa shape index (κ2) is 6.36. The molecule has 0 saturated heterocycles. The molecule has 1 aromatic heterocycles. The minimum Gasteiger partial charge on any atom is -0.369 e. The van der Waals surface area contributed by atoms with Gasteiger partial charge in [-0.2, -0.15) is 0 Å². The molecule has 1 amide bonds. The van der Waals surface area contributed by atoms with Gasteiger partial charge in [-0.15, -0.1) is 0 Å². The molecule has 5 heteroatoms. The van der Waals surface area contributed by atoms with E-state index in [2.05, 4.69) is 15.6 Å². The van der Waals surface area contributed by atoms with Gasteiger partial charge in [0.15, 0.2) is 0 Å². The zero-order valence-electron chi connectivity index (χ0n) is 13.4. The molecule has 0 bridgehead atoms. The molecule has 124 valence electrons. The van der Waals surface area contributed by atoms with Crippen LogP contribution in [0.5, 0.6) is 0 Å². The summed E-state index contributed by atoms with van der Waals surface area (Å²) in [4.78, 5) is 16.7. The third-order valence-electron chi connectivity index (χ3n) is 4.28. The normalized spacial score (nSPS) is 12.4. The van der Waals surface area contributed by atoms with Crippen molar-refractivity contribution in [2.45, 2.75) is 6.42 Å². The molecular formula is C20H16FN3O. The van der Waals surface area contributed by atoms with Crippen molar-refractivity contribution < 1.29 is 9.18 Å². The molecule has 2 N–H and O–H groups in total. The highest BCUT2D eigenvalue weighted by Gasteiger charge is 2.16. The van der Waals surface area contributed by atoms with Crippen molar-refractivity contribution in [2.75, 3.05) is 17.2 Å². The SMILES string of the molecule is O=C(Nc1ccc(F)cc1)c1ccc(-c2ccnc3c2CCN3)cc1. The molecule has 0 atom stereocenters. The highest BCUT2D eigenvalue weighted by molar-refractivity contribution is 6.04. The molecule has 1 aliphatic heterocycles. The Morgan fingerprint density at radius 2 is 1.80 bits per heavy atom. The van der Waals surface area contributed by atoms with Crippen LogP contribution < -0.4 is 10.6 Å². The molecule has 3 aromatic rings. The van der Waals surface area contributed by atoms with E-state index in [4.69, 9.17) is 0 Å². The minimum absolute atomic E-state index is 0.222. The van der Waals surface area contributed by atoms with Crippen LogP contribution in [0.4, 0.5) is 15.9 Å². The smallest absolute Gasteiger partial charge is 0.255 e. The van der Waals surface area contributed by atoms with E-state index in [1.54, 1.807) is 18.3 Å². The maximum absolute atomic E-state index is 12.9. The zero-order chi connectivity index (χ0) is 17.2. The highest BCUT2D eigenvalue weighted by atomic mass is 19.1. The number of anilines is 2. The van der Waals surface area contributed by atoms with Crippen molar-refractivity contribution in [3.8, 4) is 11.1 Å². The summed E-state index contributed by atoms with van der Waals surface area (Å²) < 4.78 is 12.9. The van der Waals surface area contributed by atoms with Crippen molar-refractivity contribution in [3.63, 3.8) is 0 Å². The predicted octanol–water partition coefficient (Wildman–Crippen LogP) is 4.11.